The molecule has 0 radical (unpaired) electrons. The van der Waals surface area contributed by atoms with E-state index in [9.17, 15) is 4.79 Å². The molecule has 0 aliphatic carbocycles. The molecule has 2 rings (SSSR count). The smallest absolute Gasteiger partial charge is 0.173 e. The molecule has 0 bridgehead atoms. The van der Waals surface area contributed by atoms with Gasteiger partial charge in [-0.2, -0.15) is 0 Å². The Morgan fingerprint density at radius 1 is 1.11 bits per heavy atom. The summed E-state index contributed by atoms with van der Waals surface area (Å²) in [7, 11) is 0. The Labute approximate surface area is 139 Å². The van der Waals surface area contributed by atoms with E-state index < -0.39 is 0 Å². The Morgan fingerprint density at radius 3 is 2.47 bits per heavy atom. The predicted molar refractivity (Wildman–Crippen MR) is 90.7 cm³/mol. The number of carbonyl (C=O) groups is 1. The summed E-state index contributed by atoms with van der Waals surface area (Å²) in [6.45, 7) is 0. The maximum atomic E-state index is 12.0. The quantitative estimate of drug-likeness (QED) is 0.363. The largest absolute Gasteiger partial charge is 0.293 e. The number of carbonyl (C=O) groups excluding carboxylic acids is 1. The minimum Gasteiger partial charge on any atom is -0.293 e. The van der Waals surface area contributed by atoms with Crippen LogP contribution in [-0.4, -0.2) is 11.5 Å². The van der Waals surface area contributed by atoms with Gasteiger partial charge < -0.3 is 0 Å². The van der Waals surface area contributed by atoms with E-state index in [-0.39, 0.29) is 5.78 Å². The van der Waals surface area contributed by atoms with Gasteiger partial charge in [0, 0.05) is 19.1 Å². The summed E-state index contributed by atoms with van der Waals surface area (Å²) in [5.74, 6) is 0.429. The summed E-state index contributed by atoms with van der Waals surface area (Å²) in [5, 5.41) is 1.23. The van der Waals surface area contributed by atoms with E-state index in [2.05, 4.69) is 22.6 Å². The average Bonchev–Trinajstić information content (AvgIpc) is 2.40. The molecule has 98 valence electrons. The zero-order valence-electron chi connectivity index (χ0n) is 9.70. The highest BCUT2D eigenvalue weighted by Crippen LogP contribution is 2.30. The lowest BCUT2D eigenvalue weighted by Gasteiger charge is -2.04. The van der Waals surface area contributed by atoms with Gasteiger partial charge in [-0.3, -0.25) is 4.79 Å². The number of rotatable bonds is 4. The SMILES string of the molecule is O=C(CSc1cc(Cl)ccc1Cl)c1ccc(I)cc1. The van der Waals surface area contributed by atoms with Crippen molar-refractivity contribution in [3.8, 4) is 0 Å². The van der Waals surface area contributed by atoms with E-state index in [4.69, 9.17) is 23.2 Å². The fourth-order valence-electron chi connectivity index (χ4n) is 1.45. The maximum Gasteiger partial charge on any atom is 0.173 e. The zero-order valence-corrected chi connectivity index (χ0v) is 14.2. The van der Waals surface area contributed by atoms with Gasteiger partial charge in [0.1, 0.15) is 0 Å². The van der Waals surface area contributed by atoms with Crippen molar-refractivity contribution in [3.63, 3.8) is 0 Å². The summed E-state index contributed by atoms with van der Waals surface area (Å²) < 4.78 is 1.11. The molecule has 19 heavy (non-hydrogen) atoms. The third kappa shape index (κ3) is 4.38. The lowest BCUT2D eigenvalue weighted by Crippen LogP contribution is -2.02. The fraction of sp³-hybridized carbons (Fsp3) is 0.0714. The van der Waals surface area contributed by atoms with Gasteiger partial charge in [0.2, 0.25) is 0 Å². The summed E-state index contributed by atoms with van der Waals surface area (Å²) in [6, 6.07) is 12.8. The van der Waals surface area contributed by atoms with Crippen LogP contribution in [0, 0.1) is 3.57 Å². The van der Waals surface area contributed by atoms with Gasteiger partial charge in [0.25, 0.3) is 0 Å². The second-order valence-corrected chi connectivity index (χ2v) is 6.90. The van der Waals surface area contributed by atoms with E-state index in [1.165, 1.54) is 11.8 Å². The van der Waals surface area contributed by atoms with Crippen LogP contribution < -0.4 is 0 Å². The highest BCUT2D eigenvalue weighted by Gasteiger charge is 2.09. The van der Waals surface area contributed by atoms with Gasteiger partial charge in [-0.25, -0.2) is 0 Å². The molecular weight excluding hydrogens is 414 g/mol. The molecule has 0 saturated heterocycles. The van der Waals surface area contributed by atoms with Gasteiger partial charge in [-0.15, -0.1) is 11.8 Å². The Bertz CT molecular complexity index is 599. The first-order chi connectivity index (χ1) is 9.06. The van der Waals surface area contributed by atoms with Crippen molar-refractivity contribution in [2.45, 2.75) is 4.90 Å². The van der Waals surface area contributed by atoms with Crippen LogP contribution in [0.4, 0.5) is 0 Å². The van der Waals surface area contributed by atoms with Gasteiger partial charge in [-0.1, -0.05) is 35.3 Å². The molecule has 0 amide bonds. The van der Waals surface area contributed by atoms with Crippen molar-refractivity contribution in [2.75, 3.05) is 5.75 Å². The molecule has 0 aromatic heterocycles. The lowest BCUT2D eigenvalue weighted by atomic mass is 10.2. The summed E-state index contributed by atoms with van der Waals surface area (Å²) in [5.41, 5.74) is 0.714. The molecule has 0 N–H and O–H groups in total. The van der Waals surface area contributed by atoms with E-state index in [0.29, 0.717) is 21.4 Å². The van der Waals surface area contributed by atoms with Crippen molar-refractivity contribution < 1.29 is 4.79 Å². The normalized spacial score (nSPS) is 10.5. The Hall–Kier alpha value is -0.230. The monoisotopic (exact) mass is 422 g/mol. The molecule has 0 heterocycles. The molecule has 1 nitrogen and oxygen atoms in total. The van der Waals surface area contributed by atoms with Crippen molar-refractivity contribution in [1.82, 2.24) is 0 Å². The summed E-state index contributed by atoms with van der Waals surface area (Å²) in [6.07, 6.45) is 0. The van der Waals surface area contributed by atoms with Crippen LogP contribution in [0.15, 0.2) is 47.4 Å². The molecule has 0 fully saturated rings. The Balaban J connectivity index is 2.04. The van der Waals surface area contributed by atoms with E-state index in [1.54, 1.807) is 18.2 Å². The van der Waals surface area contributed by atoms with Crippen LogP contribution in [0.3, 0.4) is 0 Å². The number of Topliss-reactive ketones (excluding diaryl/α,β-unsaturated/α-hetero) is 1. The molecule has 2 aromatic carbocycles. The number of benzene rings is 2. The second-order valence-electron chi connectivity index (χ2n) is 3.79. The summed E-state index contributed by atoms with van der Waals surface area (Å²) in [4.78, 5) is 12.9. The first-order valence-electron chi connectivity index (χ1n) is 5.43. The van der Waals surface area contributed by atoms with Crippen LogP contribution >= 0.6 is 57.6 Å². The Kier molecular flexibility index (Phi) is 5.57. The van der Waals surface area contributed by atoms with E-state index in [0.717, 1.165) is 8.47 Å². The maximum absolute atomic E-state index is 12.0. The molecule has 0 aliphatic rings. The first-order valence-corrected chi connectivity index (χ1v) is 8.25. The van der Waals surface area contributed by atoms with Crippen molar-refractivity contribution in [3.05, 3.63) is 61.6 Å². The molecule has 0 unspecified atom stereocenters. The molecular formula is C14H9Cl2IOS. The van der Waals surface area contributed by atoms with E-state index in [1.807, 2.05) is 24.3 Å². The number of hydrogen-bond acceptors (Lipinski definition) is 2. The minimum atomic E-state index is 0.0810. The van der Waals surface area contributed by atoms with Crippen LogP contribution in [0.2, 0.25) is 10.0 Å². The van der Waals surface area contributed by atoms with Crippen molar-refractivity contribution in [1.29, 1.82) is 0 Å². The van der Waals surface area contributed by atoms with Crippen molar-refractivity contribution >= 4 is 63.3 Å². The predicted octanol–water partition coefficient (Wildman–Crippen LogP) is 5.57. The third-order valence-corrected chi connectivity index (χ3v) is 4.87. The topological polar surface area (TPSA) is 17.1 Å². The number of halogens is 3. The molecule has 2 aromatic rings. The average molecular weight is 423 g/mol. The summed E-state index contributed by atoms with van der Waals surface area (Å²) >= 11 is 15.6. The molecule has 0 atom stereocenters. The van der Waals surface area contributed by atoms with Crippen LogP contribution in [-0.2, 0) is 0 Å². The fourth-order valence-corrected chi connectivity index (χ4v) is 3.20. The highest BCUT2D eigenvalue weighted by atomic mass is 127. The highest BCUT2D eigenvalue weighted by molar-refractivity contribution is 14.1. The number of thioether (sulfide) groups is 1. The number of hydrogen-bond donors (Lipinski definition) is 0. The third-order valence-electron chi connectivity index (χ3n) is 2.42. The Morgan fingerprint density at radius 2 is 1.79 bits per heavy atom. The van der Waals surface area contributed by atoms with Gasteiger partial charge in [-0.05, 0) is 52.9 Å². The van der Waals surface area contributed by atoms with Gasteiger partial charge >= 0.3 is 0 Å². The van der Waals surface area contributed by atoms with E-state index >= 15 is 0 Å². The van der Waals surface area contributed by atoms with Crippen LogP contribution in [0.25, 0.3) is 0 Å². The van der Waals surface area contributed by atoms with Crippen molar-refractivity contribution in [2.24, 2.45) is 0 Å². The van der Waals surface area contributed by atoms with Crippen LogP contribution in [0.5, 0.6) is 0 Å². The van der Waals surface area contributed by atoms with Crippen LogP contribution in [0.1, 0.15) is 10.4 Å². The molecule has 0 spiro atoms. The van der Waals surface area contributed by atoms with Gasteiger partial charge in [0.05, 0.1) is 10.8 Å². The zero-order chi connectivity index (χ0) is 13.8. The standard InChI is InChI=1S/C14H9Cl2IOS/c15-10-3-6-12(16)14(7-10)19-8-13(18)9-1-4-11(17)5-2-9/h1-7H,8H2. The lowest BCUT2D eigenvalue weighted by molar-refractivity contribution is 0.102. The molecule has 5 heteroatoms. The minimum absolute atomic E-state index is 0.0810. The molecule has 0 aliphatic heterocycles. The second kappa shape index (κ2) is 6.97. The molecule has 0 saturated carbocycles. The van der Waals surface area contributed by atoms with Gasteiger partial charge in [0.15, 0.2) is 5.78 Å². The first kappa shape index (κ1) is 15.2. The number of ketones is 1.